The van der Waals surface area contributed by atoms with E-state index in [1.807, 2.05) is 0 Å². The number of hydrogen-bond donors (Lipinski definition) is 3. The summed E-state index contributed by atoms with van der Waals surface area (Å²) < 4.78 is 77.9. The molecule has 1 saturated heterocycles. The SMILES string of the molecule is CS(=O)(=O)c1cc(F)cc(C(=O)NCc2cc3nc(-c4cccc(N5C[C@](O)(C(F)(F)F)C[C@H]5CO)n4)ccc3cn2)c1. The number of carbonyl (C=O) groups is 1. The molecule has 4 heterocycles. The normalized spacial score (nSPS) is 19.1. The zero-order chi connectivity index (χ0) is 31.2. The Morgan fingerprint density at radius 3 is 2.56 bits per heavy atom. The van der Waals surface area contributed by atoms with Gasteiger partial charge in [-0.25, -0.2) is 22.8 Å². The van der Waals surface area contributed by atoms with Gasteiger partial charge in [-0.1, -0.05) is 6.07 Å². The van der Waals surface area contributed by atoms with Gasteiger partial charge < -0.3 is 20.4 Å². The summed E-state index contributed by atoms with van der Waals surface area (Å²) in [7, 11) is -3.74. The van der Waals surface area contributed by atoms with Crippen LogP contribution in [-0.2, 0) is 16.4 Å². The molecule has 4 aromatic rings. The molecule has 0 spiro atoms. The number of nitrogens with one attached hydrogen (secondary N) is 1. The third-order valence-electron chi connectivity index (χ3n) is 7.10. The van der Waals surface area contributed by atoms with Crippen molar-refractivity contribution in [2.45, 2.75) is 35.7 Å². The highest BCUT2D eigenvalue weighted by atomic mass is 32.2. The van der Waals surface area contributed by atoms with E-state index in [-0.39, 0.29) is 22.8 Å². The molecule has 1 aromatic carbocycles. The highest BCUT2D eigenvalue weighted by Gasteiger charge is 2.60. The van der Waals surface area contributed by atoms with Gasteiger partial charge in [-0.2, -0.15) is 13.2 Å². The van der Waals surface area contributed by atoms with Crippen molar-refractivity contribution in [2.24, 2.45) is 0 Å². The van der Waals surface area contributed by atoms with Gasteiger partial charge in [0.15, 0.2) is 15.4 Å². The van der Waals surface area contributed by atoms with E-state index in [0.717, 1.165) is 24.5 Å². The third kappa shape index (κ3) is 6.28. The molecule has 1 fully saturated rings. The van der Waals surface area contributed by atoms with Crippen LogP contribution in [0.4, 0.5) is 23.4 Å². The van der Waals surface area contributed by atoms with Gasteiger partial charge in [0.05, 0.1) is 53.2 Å². The average Bonchev–Trinajstić information content (AvgIpc) is 3.33. The summed E-state index contributed by atoms with van der Waals surface area (Å²) in [6.07, 6.45) is -3.15. The minimum atomic E-state index is -4.88. The molecular formula is C28H25F4N5O5S. The molecule has 0 aliphatic carbocycles. The van der Waals surface area contributed by atoms with E-state index in [2.05, 4.69) is 20.3 Å². The molecule has 0 saturated carbocycles. The summed E-state index contributed by atoms with van der Waals surface area (Å²) in [6.45, 7) is -1.48. The van der Waals surface area contributed by atoms with Crippen LogP contribution >= 0.6 is 0 Å². The summed E-state index contributed by atoms with van der Waals surface area (Å²) in [4.78, 5) is 26.8. The Bertz CT molecular complexity index is 1820. The van der Waals surface area contributed by atoms with Crippen LogP contribution in [0.2, 0.25) is 0 Å². The fourth-order valence-electron chi connectivity index (χ4n) is 4.82. The summed E-state index contributed by atoms with van der Waals surface area (Å²) in [5.41, 5.74) is -1.59. The lowest BCUT2D eigenvalue weighted by Crippen LogP contribution is -2.47. The minimum absolute atomic E-state index is 0.0846. The van der Waals surface area contributed by atoms with Crippen LogP contribution in [0, 0.1) is 5.82 Å². The maximum Gasteiger partial charge on any atom is 0.419 e. The number of anilines is 1. The van der Waals surface area contributed by atoms with Crippen LogP contribution < -0.4 is 10.2 Å². The number of rotatable bonds is 7. The number of pyridine rings is 3. The molecule has 5 rings (SSSR count). The molecule has 3 N–H and O–H groups in total. The largest absolute Gasteiger partial charge is 0.419 e. The van der Waals surface area contributed by atoms with Gasteiger partial charge in [0.25, 0.3) is 5.91 Å². The first kappa shape index (κ1) is 30.3. The van der Waals surface area contributed by atoms with Gasteiger partial charge in [-0.3, -0.25) is 9.78 Å². The first-order chi connectivity index (χ1) is 20.2. The van der Waals surface area contributed by atoms with Gasteiger partial charge in [-0.15, -0.1) is 0 Å². The lowest BCUT2D eigenvalue weighted by atomic mass is 10.0. The monoisotopic (exact) mass is 619 g/mol. The Kier molecular flexibility index (Phi) is 7.83. The second-order valence-corrected chi connectivity index (χ2v) is 12.3. The summed E-state index contributed by atoms with van der Waals surface area (Å²) in [5, 5.41) is 23.1. The van der Waals surface area contributed by atoms with E-state index in [4.69, 9.17) is 0 Å². The highest BCUT2D eigenvalue weighted by Crippen LogP contribution is 2.42. The lowest BCUT2D eigenvalue weighted by molar-refractivity contribution is -0.251. The molecule has 0 bridgehead atoms. The number of sulfone groups is 1. The fraction of sp³-hybridized carbons (Fsp3) is 0.286. The van der Waals surface area contributed by atoms with Crippen LogP contribution in [0.15, 0.2) is 65.7 Å². The highest BCUT2D eigenvalue weighted by molar-refractivity contribution is 7.90. The minimum Gasteiger partial charge on any atom is -0.394 e. The topological polar surface area (TPSA) is 146 Å². The van der Waals surface area contributed by atoms with Crippen LogP contribution in [-0.4, -0.2) is 76.7 Å². The predicted molar refractivity (Wildman–Crippen MR) is 147 cm³/mol. The maximum atomic E-state index is 13.9. The standard InChI is InChI=1S/C28H25F4N5O5S/c1-43(41,42)21-8-17(7-18(29)9-21)26(39)34-13-19-10-24-16(12-33-19)5-6-23(35-24)22-3-2-4-25(36-22)37-15-27(40,28(30,31)32)11-20(37)14-38/h2-10,12,20,38,40H,11,13-15H2,1H3,(H,34,39)/t20-,27-/m0/s1. The Balaban J connectivity index is 1.36. The van der Waals surface area contributed by atoms with Crippen LogP contribution in [0.1, 0.15) is 22.5 Å². The number of carbonyl (C=O) groups excluding carboxylic acids is 1. The van der Waals surface area contributed by atoms with Crippen molar-refractivity contribution in [3.63, 3.8) is 0 Å². The third-order valence-corrected chi connectivity index (χ3v) is 8.19. The molecule has 226 valence electrons. The smallest absolute Gasteiger partial charge is 0.394 e. The van der Waals surface area contributed by atoms with Crippen LogP contribution in [0.25, 0.3) is 22.3 Å². The molecule has 1 amide bonds. The Hall–Kier alpha value is -4.21. The molecule has 2 atom stereocenters. The quantitative estimate of drug-likeness (QED) is 0.266. The van der Waals surface area contributed by atoms with Crippen molar-refractivity contribution in [1.82, 2.24) is 20.3 Å². The van der Waals surface area contributed by atoms with Crippen molar-refractivity contribution in [3.05, 3.63) is 77.9 Å². The average molecular weight is 620 g/mol. The zero-order valence-corrected chi connectivity index (χ0v) is 23.3. The molecule has 1 aliphatic rings. The van der Waals surface area contributed by atoms with Gasteiger partial charge in [0, 0.05) is 29.8 Å². The number of alkyl halides is 3. The Morgan fingerprint density at radius 2 is 1.86 bits per heavy atom. The van der Waals surface area contributed by atoms with Gasteiger partial charge >= 0.3 is 6.18 Å². The molecule has 1 aliphatic heterocycles. The van der Waals surface area contributed by atoms with Crippen molar-refractivity contribution in [3.8, 4) is 11.4 Å². The van der Waals surface area contributed by atoms with E-state index in [9.17, 15) is 41.0 Å². The van der Waals surface area contributed by atoms with Crippen LogP contribution in [0.5, 0.6) is 0 Å². The molecule has 0 radical (unpaired) electrons. The fourth-order valence-corrected chi connectivity index (χ4v) is 5.48. The van der Waals surface area contributed by atoms with Gasteiger partial charge in [0.1, 0.15) is 11.6 Å². The zero-order valence-electron chi connectivity index (χ0n) is 22.5. The Labute approximate surface area is 243 Å². The molecule has 15 heteroatoms. The van der Waals surface area contributed by atoms with Gasteiger partial charge in [-0.05, 0) is 48.5 Å². The van der Waals surface area contributed by atoms with Crippen molar-refractivity contribution in [2.75, 3.05) is 24.3 Å². The number of aromatic nitrogens is 3. The molecular weight excluding hydrogens is 594 g/mol. The number of amides is 1. The maximum absolute atomic E-state index is 13.9. The number of benzene rings is 1. The number of halogens is 4. The number of fused-ring (bicyclic) bond motifs is 1. The second-order valence-electron chi connectivity index (χ2n) is 10.3. The predicted octanol–water partition coefficient (Wildman–Crippen LogP) is 3.03. The van der Waals surface area contributed by atoms with E-state index in [1.54, 1.807) is 30.3 Å². The summed E-state index contributed by atoms with van der Waals surface area (Å²) >= 11 is 0. The van der Waals surface area contributed by atoms with Crippen LogP contribution in [0.3, 0.4) is 0 Å². The Morgan fingerprint density at radius 1 is 1.12 bits per heavy atom. The molecule has 3 aromatic heterocycles. The number of aliphatic hydroxyl groups excluding tert-OH is 1. The van der Waals surface area contributed by atoms with E-state index in [1.165, 1.54) is 17.2 Å². The summed E-state index contributed by atoms with van der Waals surface area (Å²) in [5.74, 6) is -1.46. The number of aliphatic hydroxyl groups is 2. The summed E-state index contributed by atoms with van der Waals surface area (Å²) in [6, 6.07) is 11.5. The van der Waals surface area contributed by atoms with Crippen molar-refractivity contribution >= 4 is 32.5 Å². The lowest BCUT2D eigenvalue weighted by Gasteiger charge is -2.26. The van der Waals surface area contributed by atoms with E-state index < -0.39 is 59.0 Å². The first-order valence-corrected chi connectivity index (χ1v) is 14.7. The molecule has 43 heavy (non-hydrogen) atoms. The number of hydrogen-bond acceptors (Lipinski definition) is 9. The number of β-amino-alcohol motifs (C(OH)–C–C–N with tert-alkyl or cyclic N) is 1. The number of nitrogens with zero attached hydrogens (tertiary/aromatic N) is 4. The van der Waals surface area contributed by atoms with Crippen molar-refractivity contribution in [1.29, 1.82) is 0 Å². The van der Waals surface area contributed by atoms with E-state index >= 15 is 0 Å². The van der Waals surface area contributed by atoms with E-state index in [0.29, 0.717) is 28.0 Å². The van der Waals surface area contributed by atoms with Crippen molar-refractivity contribution < 1.29 is 41.0 Å². The molecule has 10 nitrogen and oxygen atoms in total. The second kappa shape index (κ2) is 11.1. The van der Waals surface area contributed by atoms with Gasteiger partial charge in [0.2, 0.25) is 0 Å². The first-order valence-electron chi connectivity index (χ1n) is 12.9. The molecule has 0 unspecified atom stereocenters.